The van der Waals surface area contributed by atoms with Crippen LogP contribution in [0.5, 0.6) is 5.75 Å². The monoisotopic (exact) mass is 272 g/mol. The molecule has 1 heterocycles. The maximum Gasteiger partial charge on any atom is 0.128 e. The number of nitrogens with zero attached hydrogens (tertiary/aromatic N) is 2. The third kappa shape index (κ3) is 2.94. The van der Waals surface area contributed by atoms with Gasteiger partial charge in [-0.2, -0.15) is 5.26 Å². The number of thiazole rings is 1. The van der Waals surface area contributed by atoms with Gasteiger partial charge in [0, 0.05) is 10.9 Å². The highest BCUT2D eigenvalue weighted by Crippen LogP contribution is 2.33. The number of hydrogen-bond acceptors (Lipinski definition) is 4. The second-order valence-electron chi connectivity index (χ2n) is 4.58. The Morgan fingerprint density at radius 2 is 2.21 bits per heavy atom. The normalized spacial score (nSPS) is 10.5. The molecule has 98 valence electrons. The lowest BCUT2D eigenvalue weighted by molar-refractivity contribution is 0.415. The van der Waals surface area contributed by atoms with E-state index in [1.807, 2.05) is 11.4 Å². The van der Waals surface area contributed by atoms with Crippen LogP contribution in [0.3, 0.4) is 0 Å². The number of rotatable bonds is 4. The zero-order chi connectivity index (χ0) is 13.8. The minimum atomic E-state index is 0.358. The van der Waals surface area contributed by atoms with Crippen LogP contribution >= 0.6 is 11.3 Å². The smallest absolute Gasteiger partial charge is 0.128 e. The molecule has 0 unspecified atom stereocenters. The summed E-state index contributed by atoms with van der Waals surface area (Å²) < 4.78 is 5.46. The highest BCUT2D eigenvalue weighted by Gasteiger charge is 2.11. The van der Waals surface area contributed by atoms with Gasteiger partial charge in [0.25, 0.3) is 0 Å². The molecule has 0 aliphatic heterocycles. The largest absolute Gasteiger partial charge is 0.496 e. The van der Waals surface area contributed by atoms with E-state index in [0.717, 1.165) is 22.0 Å². The van der Waals surface area contributed by atoms with Gasteiger partial charge < -0.3 is 4.74 Å². The highest BCUT2D eigenvalue weighted by molar-refractivity contribution is 7.10. The minimum Gasteiger partial charge on any atom is -0.496 e. The predicted octanol–water partition coefficient (Wildman–Crippen LogP) is 4.01. The number of nitriles is 1. The second-order valence-corrected chi connectivity index (χ2v) is 5.52. The molecular formula is C15H16N2OS. The van der Waals surface area contributed by atoms with E-state index in [0.29, 0.717) is 12.3 Å². The van der Waals surface area contributed by atoms with Gasteiger partial charge in [0.05, 0.1) is 25.3 Å². The number of methoxy groups -OCH3 is 1. The van der Waals surface area contributed by atoms with Gasteiger partial charge in [-0.25, -0.2) is 4.98 Å². The summed E-state index contributed by atoms with van der Waals surface area (Å²) in [7, 11) is 1.67. The van der Waals surface area contributed by atoms with E-state index in [1.165, 1.54) is 16.9 Å². The van der Waals surface area contributed by atoms with Crippen molar-refractivity contribution >= 4 is 11.3 Å². The van der Waals surface area contributed by atoms with Crippen molar-refractivity contribution in [1.82, 2.24) is 4.98 Å². The molecule has 0 saturated heterocycles. The van der Waals surface area contributed by atoms with Crippen LogP contribution in [-0.4, -0.2) is 12.1 Å². The summed E-state index contributed by atoms with van der Waals surface area (Å²) in [5.74, 6) is 1.30. The van der Waals surface area contributed by atoms with E-state index in [2.05, 4.69) is 37.0 Å². The van der Waals surface area contributed by atoms with Crippen molar-refractivity contribution < 1.29 is 4.74 Å². The van der Waals surface area contributed by atoms with Crippen molar-refractivity contribution in [3.63, 3.8) is 0 Å². The van der Waals surface area contributed by atoms with Crippen LogP contribution in [0.1, 0.15) is 30.3 Å². The Bertz CT molecular complexity index is 611. The first-order chi connectivity index (χ1) is 9.15. The molecule has 0 spiro atoms. The number of benzene rings is 1. The maximum absolute atomic E-state index is 8.69. The Morgan fingerprint density at radius 1 is 1.42 bits per heavy atom. The second kappa shape index (κ2) is 5.85. The lowest BCUT2D eigenvalue weighted by atomic mass is 10.00. The average Bonchev–Trinajstić information content (AvgIpc) is 2.86. The molecule has 3 nitrogen and oxygen atoms in total. The van der Waals surface area contributed by atoms with Crippen molar-refractivity contribution in [3.8, 4) is 23.1 Å². The first-order valence-corrected chi connectivity index (χ1v) is 7.03. The summed E-state index contributed by atoms with van der Waals surface area (Å²) >= 11 is 1.51. The first kappa shape index (κ1) is 13.6. The number of hydrogen-bond donors (Lipinski definition) is 0. The van der Waals surface area contributed by atoms with Crippen molar-refractivity contribution in [1.29, 1.82) is 5.26 Å². The molecule has 0 radical (unpaired) electrons. The van der Waals surface area contributed by atoms with Crippen LogP contribution in [-0.2, 0) is 6.42 Å². The van der Waals surface area contributed by atoms with Gasteiger partial charge in [-0.05, 0) is 23.6 Å². The third-order valence-electron chi connectivity index (χ3n) is 2.95. The van der Waals surface area contributed by atoms with Crippen molar-refractivity contribution in [2.75, 3.05) is 7.11 Å². The molecule has 0 fully saturated rings. The molecule has 0 N–H and O–H groups in total. The fourth-order valence-electron chi connectivity index (χ4n) is 1.86. The maximum atomic E-state index is 8.69. The van der Waals surface area contributed by atoms with Crippen molar-refractivity contribution in [2.45, 2.75) is 26.2 Å². The van der Waals surface area contributed by atoms with E-state index in [-0.39, 0.29) is 0 Å². The fourth-order valence-corrected chi connectivity index (χ4v) is 2.59. The van der Waals surface area contributed by atoms with Crippen LogP contribution in [0.15, 0.2) is 23.6 Å². The summed E-state index contributed by atoms with van der Waals surface area (Å²) in [6.07, 6.45) is 0.358. The molecule has 1 aromatic heterocycles. The molecule has 0 atom stereocenters. The first-order valence-electron chi connectivity index (χ1n) is 6.15. The van der Waals surface area contributed by atoms with E-state index >= 15 is 0 Å². The number of aromatic nitrogens is 1. The molecule has 2 aromatic rings. The summed E-state index contributed by atoms with van der Waals surface area (Å²) in [5.41, 5.74) is 3.10. The molecule has 4 heteroatoms. The van der Waals surface area contributed by atoms with Gasteiger partial charge in [-0.1, -0.05) is 19.9 Å². The molecule has 19 heavy (non-hydrogen) atoms. The Morgan fingerprint density at radius 3 is 2.84 bits per heavy atom. The Labute approximate surface area is 117 Å². The van der Waals surface area contributed by atoms with Gasteiger partial charge in [0.2, 0.25) is 0 Å². The molecule has 0 aliphatic carbocycles. The molecule has 0 amide bonds. The van der Waals surface area contributed by atoms with Gasteiger partial charge in [-0.15, -0.1) is 11.3 Å². The molecule has 2 rings (SSSR count). The Hall–Kier alpha value is -1.86. The lowest BCUT2D eigenvalue weighted by Gasteiger charge is -2.11. The van der Waals surface area contributed by atoms with Crippen LogP contribution in [0.25, 0.3) is 11.3 Å². The van der Waals surface area contributed by atoms with Gasteiger partial charge >= 0.3 is 0 Å². The average molecular weight is 272 g/mol. The van der Waals surface area contributed by atoms with E-state index in [9.17, 15) is 0 Å². The quantitative estimate of drug-likeness (QED) is 0.844. The predicted molar refractivity (Wildman–Crippen MR) is 77.5 cm³/mol. The van der Waals surface area contributed by atoms with Crippen molar-refractivity contribution in [2.24, 2.45) is 0 Å². The fraction of sp³-hybridized carbons (Fsp3) is 0.333. The van der Waals surface area contributed by atoms with E-state index < -0.39 is 0 Å². The molecule has 0 aliphatic rings. The third-order valence-corrected chi connectivity index (χ3v) is 3.80. The van der Waals surface area contributed by atoms with Gasteiger partial charge in [-0.3, -0.25) is 0 Å². The zero-order valence-corrected chi connectivity index (χ0v) is 12.1. The standard InChI is InChI=1S/C15H16N2OS/c1-10(2)11-4-5-12(14(8-11)18-3)13-9-19-15(17-13)6-7-16/h4-5,8-10H,6H2,1-3H3. The van der Waals surface area contributed by atoms with Crippen molar-refractivity contribution in [3.05, 3.63) is 34.2 Å². The van der Waals surface area contributed by atoms with Gasteiger partial charge in [0.1, 0.15) is 10.8 Å². The van der Waals surface area contributed by atoms with Gasteiger partial charge in [0.15, 0.2) is 0 Å². The SMILES string of the molecule is COc1cc(C(C)C)ccc1-c1csc(CC#N)n1. The lowest BCUT2D eigenvalue weighted by Crippen LogP contribution is -1.93. The molecule has 0 bridgehead atoms. The van der Waals surface area contributed by atoms with E-state index in [1.54, 1.807) is 7.11 Å². The van der Waals surface area contributed by atoms with Crippen LogP contribution < -0.4 is 4.74 Å². The summed E-state index contributed by atoms with van der Waals surface area (Å²) in [6, 6.07) is 8.32. The van der Waals surface area contributed by atoms with Crippen LogP contribution in [0, 0.1) is 11.3 Å². The Balaban J connectivity index is 2.40. The Kier molecular flexibility index (Phi) is 4.18. The topological polar surface area (TPSA) is 45.9 Å². The van der Waals surface area contributed by atoms with Crippen LogP contribution in [0.4, 0.5) is 0 Å². The summed E-state index contributed by atoms with van der Waals surface area (Å²) in [4.78, 5) is 4.47. The molecule has 1 aromatic carbocycles. The van der Waals surface area contributed by atoms with E-state index in [4.69, 9.17) is 10.00 Å². The zero-order valence-electron chi connectivity index (χ0n) is 11.3. The minimum absolute atomic E-state index is 0.358. The highest BCUT2D eigenvalue weighted by atomic mass is 32.1. The number of ether oxygens (including phenoxy) is 1. The molecule has 0 saturated carbocycles. The summed E-state index contributed by atoms with van der Waals surface area (Å²) in [6.45, 7) is 4.31. The summed E-state index contributed by atoms with van der Waals surface area (Å²) in [5, 5.41) is 11.5. The molecular weight excluding hydrogens is 256 g/mol. The van der Waals surface area contributed by atoms with Crippen LogP contribution in [0.2, 0.25) is 0 Å².